The van der Waals surface area contributed by atoms with Crippen molar-refractivity contribution in [1.29, 1.82) is 0 Å². The zero-order chi connectivity index (χ0) is 72.8. The van der Waals surface area contributed by atoms with Gasteiger partial charge in [-0.3, -0.25) is 4.79 Å². The van der Waals surface area contributed by atoms with E-state index in [1.54, 1.807) is 51.3 Å². The van der Waals surface area contributed by atoms with Crippen LogP contribution in [0.2, 0.25) is 0 Å². The Hall–Kier alpha value is -9.49. The van der Waals surface area contributed by atoms with Crippen molar-refractivity contribution in [2.75, 3.05) is 39.3 Å². The fourth-order valence-electron chi connectivity index (χ4n) is 11.8. The summed E-state index contributed by atoms with van der Waals surface area (Å²) in [7, 11) is 0. The van der Waals surface area contributed by atoms with Crippen LogP contribution in [0.3, 0.4) is 0 Å². The molecule has 1 unspecified atom stereocenters. The number of carboxylic acids is 1. The number of carboxylic acid groups (broad SMARTS) is 1. The summed E-state index contributed by atoms with van der Waals surface area (Å²) in [6.45, 7) is 12.9. The third-order valence-corrected chi connectivity index (χ3v) is 17.0. The molecular formula is C74H84F9N5O12. The first kappa shape index (κ1) is 77.9. The largest absolute Gasteiger partial charge is 0.481 e. The Kier molecular flexibility index (Phi) is 28.5. The summed E-state index contributed by atoms with van der Waals surface area (Å²) in [6, 6.07) is 30.4. The van der Waals surface area contributed by atoms with Crippen molar-refractivity contribution in [2.24, 2.45) is 23.7 Å². The molecule has 17 nitrogen and oxygen atoms in total. The minimum absolute atomic E-state index is 0.0466. The van der Waals surface area contributed by atoms with Crippen LogP contribution >= 0.6 is 0 Å². The molecule has 9 rings (SSSR count). The van der Waals surface area contributed by atoms with E-state index in [4.69, 9.17) is 23.7 Å². The van der Waals surface area contributed by atoms with Crippen LogP contribution in [0.4, 0.5) is 63.5 Å². The van der Waals surface area contributed by atoms with Crippen LogP contribution in [0.25, 0.3) is 0 Å². The van der Waals surface area contributed by atoms with Gasteiger partial charge in [0.25, 0.3) is 0 Å². The predicted molar refractivity (Wildman–Crippen MR) is 350 cm³/mol. The van der Waals surface area contributed by atoms with Crippen molar-refractivity contribution in [3.8, 4) is 0 Å². The van der Waals surface area contributed by atoms with E-state index in [-0.39, 0.29) is 73.5 Å². The molecule has 0 aromatic heterocycles. The zero-order valence-electron chi connectivity index (χ0n) is 56.5. The van der Waals surface area contributed by atoms with Gasteiger partial charge in [-0.1, -0.05) is 91.0 Å². The van der Waals surface area contributed by atoms with Gasteiger partial charge in [-0.2, -0.15) is 0 Å². The number of amides is 5. The van der Waals surface area contributed by atoms with Gasteiger partial charge in [-0.15, -0.1) is 0 Å². The number of piperidine rings is 3. The standard InChI is InChI=1S/2C26H31F3N2O4.C22H22F3NO4/c2*1-26(2,3)35-24(32)30-23(14-19-13-21(28)22(29)15-20(19)27)18-9-11-31(12-10-18)25(33)34-16-17-7-5-4-6-8-17;23-18-12-20(25)19(24)11-16(18)10-17(21(27)28)15-6-8-26(9-7-15)22(29)30-13-14-4-2-1-3-5-14/h2*4-8,13,15,18,23H,9-12,14,16H2,1-3H3,(H,30,32);1-5,11-12,15,17H,6-10,13H2,(H,27,28)/t2*23-;/m10./s1. The van der Waals surface area contributed by atoms with Crippen molar-refractivity contribution >= 4 is 36.4 Å². The third-order valence-electron chi connectivity index (χ3n) is 17.0. The molecule has 100 heavy (non-hydrogen) atoms. The van der Waals surface area contributed by atoms with Crippen LogP contribution < -0.4 is 10.6 Å². The Labute approximate surface area is 575 Å². The highest BCUT2D eigenvalue weighted by Gasteiger charge is 2.37. The lowest BCUT2D eigenvalue weighted by Gasteiger charge is -2.36. The van der Waals surface area contributed by atoms with Crippen LogP contribution in [0.1, 0.15) is 113 Å². The maximum atomic E-state index is 14.3. The number of nitrogens with one attached hydrogen (secondary N) is 2. The Morgan fingerprint density at radius 1 is 0.400 bits per heavy atom. The average Bonchev–Trinajstić information content (AvgIpc) is 0.835. The fourth-order valence-corrected chi connectivity index (χ4v) is 11.8. The van der Waals surface area contributed by atoms with Gasteiger partial charge in [0.1, 0.15) is 48.5 Å². The quantitative estimate of drug-likeness (QED) is 0.0418. The van der Waals surface area contributed by atoms with Crippen molar-refractivity contribution in [1.82, 2.24) is 25.3 Å². The van der Waals surface area contributed by atoms with Gasteiger partial charge in [-0.05, 0) is 169 Å². The second-order valence-corrected chi connectivity index (χ2v) is 26.7. The minimum atomic E-state index is -1.31. The number of alkyl carbamates (subject to hydrolysis) is 2. The molecule has 0 spiro atoms. The number of carbonyl (C=O) groups excluding carboxylic acids is 5. The molecule has 3 N–H and O–H groups in total. The Bertz CT molecular complexity index is 3530. The zero-order valence-corrected chi connectivity index (χ0v) is 56.5. The second kappa shape index (κ2) is 36.6. The number of aliphatic carboxylic acids is 1. The number of halogens is 9. The Balaban J connectivity index is 0.000000211. The number of nitrogens with zero attached hydrogens (tertiary/aromatic N) is 3. The van der Waals surface area contributed by atoms with Gasteiger partial charge in [0, 0.05) is 69.6 Å². The highest BCUT2D eigenvalue weighted by atomic mass is 19.2. The number of benzene rings is 6. The lowest BCUT2D eigenvalue weighted by molar-refractivity contribution is -0.144. The van der Waals surface area contributed by atoms with Gasteiger partial charge < -0.3 is 54.1 Å². The first-order chi connectivity index (χ1) is 47.4. The van der Waals surface area contributed by atoms with Crippen molar-refractivity contribution in [3.05, 3.63) is 213 Å². The molecule has 0 aliphatic carbocycles. The molecule has 3 aliphatic rings. The molecule has 0 bridgehead atoms. The van der Waals surface area contributed by atoms with Gasteiger partial charge in [0.2, 0.25) is 0 Å². The van der Waals surface area contributed by atoms with E-state index in [2.05, 4.69) is 10.6 Å². The fraction of sp³-hybridized carbons (Fsp3) is 0.432. The van der Waals surface area contributed by atoms with E-state index in [9.17, 15) is 73.4 Å². The number of rotatable bonds is 18. The van der Waals surface area contributed by atoms with E-state index >= 15 is 0 Å². The highest BCUT2D eigenvalue weighted by Crippen LogP contribution is 2.32. The van der Waals surface area contributed by atoms with Crippen LogP contribution in [0.5, 0.6) is 0 Å². The lowest BCUT2D eigenvalue weighted by atomic mass is 9.80. The highest BCUT2D eigenvalue weighted by molar-refractivity contribution is 5.72. The molecule has 3 saturated heterocycles. The summed E-state index contributed by atoms with van der Waals surface area (Å²) in [5.41, 5.74) is 0.869. The molecule has 6 aromatic rings. The maximum Gasteiger partial charge on any atom is 0.410 e. The van der Waals surface area contributed by atoms with Crippen molar-refractivity contribution in [2.45, 2.75) is 142 Å². The van der Waals surface area contributed by atoms with Gasteiger partial charge in [0.05, 0.1) is 5.92 Å². The van der Waals surface area contributed by atoms with Gasteiger partial charge in [-0.25, -0.2) is 63.5 Å². The van der Waals surface area contributed by atoms with Crippen LogP contribution in [-0.2, 0) is 67.6 Å². The minimum Gasteiger partial charge on any atom is -0.481 e. The van der Waals surface area contributed by atoms with Gasteiger partial charge in [0.15, 0.2) is 34.9 Å². The maximum absolute atomic E-state index is 14.3. The summed E-state index contributed by atoms with van der Waals surface area (Å²) in [5.74, 6) is -12.9. The summed E-state index contributed by atoms with van der Waals surface area (Å²) in [6.07, 6.45) is -0.257. The molecule has 3 atom stereocenters. The second-order valence-electron chi connectivity index (χ2n) is 26.7. The molecule has 0 radical (unpaired) electrons. The molecule has 540 valence electrons. The summed E-state index contributed by atoms with van der Waals surface area (Å²) in [4.78, 5) is 78.5. The molecule has 3 fully saturated rings. The number of carbonyl (C=O) groups is 6. The first-order valence-electron chi connectivity index (χ1n) is 32.9. The number of hydrogen-bond acceptors (Lipinski definition) is 11. The van der Waals surface area contributed by atoms with Gasteiger partial charge >= 0.3 is 36.4 Å². The number of ether oxygens (including phenoxy) is 5. The molecule has 5 amide bonds. The Morgan fingerprint density at radius 2 is 0.660 bits per heavy atom. The molecule has 3 aliphatic heterocycles. The summed E-state index contributed by atoms with van der Waals surface area (Å²) < 4.78 is 150. The molecule has 6 aromatic carbocycles. The normalized spacial score (nSPS) is 15.5. The lowest BCUT2D eigenvalue weighted by Crippen LogP contribution is -2.49. The average molecular weight is 1410 g/mol. The SMILES string of the molecule is CC(C)(C)OC(=O)N[C@@H](Cc1cc(F)c(F)cc1F)C1CCN(C(=O)OCc2ccccc2)CC1.CC(C)(C)OC(=O)N[C@H](Cc1cc(F)c(F)cc1F)C1CCN(C(=O)OCc2ccccc2)CC1.O=C(O)C(Cc1cc(F)c(F)cc1F)C1CCN(C(=O)OCc2ccccc2)CC1. The third kappa shape index (κ3) is 24.7. The van der Waals surface area contributed by atoms with Crippen LogP contribution in [0, 0.1) is 76.0 Å². The monoisotopic (exact) mass is 1410 g/mol. The van der Waals surface area contributed by atoms with Crippen LogP contribution in [-0.4, -0.2) is 119 Å². The van der Waals surface area contributed by atoms with E-state index in [1.165, 1.54) is 4.90 Å². The number of hydrogen-bond donors (Lipinski definition) is 3. The Morgan fingerprint density at radius 3 is 0.930 bits per heavy atom. The molecule has 0 saturated carbocycles. The van der Waals surface area contributed by atoms with E-state index in [0.29, 0.717) is 102 Å². The number of likely N-dealkylation sites (tertiary alicyclic amines) is 3. The molecular weight excluding hydrogens is 1320 g/mol. The van der Waals surface area contributed by atoms with Crippen molar-refractivity contribution in [3.63, 3.8) is 0 Å². The van der Waals surface area contributed by atoms with E-state index < -0.39 is 118 Å². The van der Waals surface area contributed by atoms with E-state index in [1.807, 2.05) is 91.0 Å². The molecule has 26 heteroatoms. The summed E-state index contributed by atoms with van der Waals surface area (Å²) >= 11 is 0. The van der Waals surface area contributed by atoms with E-state index in [0.717, 1.165) is 28.8 Å². The smallest absolute Gasteiger partial charge is 0.410 e. The topological polar surface area (TPSA) is 203 Å². The molecule has 3 heterocycles. The van der Waals surface area contributed by atoms with Crippen LogP contribution in [0.15, 0.2) is 127 Å². The summed E-state index contributed by atoms with van der Waals surface area (Å²) in [5, 5.41) is 15.1. The first-order valence-corrected chi connectivity index (χ1v) is 32.9. The predicted octanol–water partition coefficient (Wildman–Crippen LogP) is 15.6. The van der Waals surface area contributed by atoms with Crippen molar-refractivity contribution < 1.29 is 97.1 Å².